The monoisotopic (exact) mass is 587 g/mol. The van der Waals surface area contributed by atoms with Crippen molar-refractivity contribution >= 4 is 17.0 Å². The fourth-order valence-corrected chi connectivity index (χ4v) is 4.56. The summed E-state index contributed by atoms with van der Waals surface area (Å²) >= 11 is 0. The minimum atomic E-state index is -0.842. The summed E-state index contributed by atoms with van der Waals surface area (Å²) in [6.45, 7) is 0.378. The second-order valence-corrected chi connectivity index (χ2v) is 9.38. The van der Waals surface area contributed by atoms with Gasteiger partial charge in [0, 0.05) is 49.2 Å². The van der Waals surface area contributed by atoms with E-state index < -0.39 is 23.4 Å². The first-order valence-electron chi connectivity index (χ1n) is 13.0. The van der Waals surface area contributed by atoms with Crippen molar-refractivity contribution in [3.05, 3.63) is 106 Å². The fraction of sp³-hybridized carbons (Fsp3) is 0.194. The molecule has 5 rings (SSSR count). The van der Waals surface area contributed by atoms with E-state index >= 15 is 8.78 Å². The molecule has 0 saturated carbocycles. The number of aromatic nitrogens is 4. The number of carbonyl (C=O) groups excluding carboxylic acids is 1. The van der Waals surface area contributed by atoms with Crippen LogP contribution in [0.2, 0.25) is 0 Å². The SMILES string of the molecule is COCCn1c(Cc2c(F)cc(-c3nccnc3OCc3ccc(C#N)cc3F)cc2F)nc2ccc(C(=O)OC)cc21. The van der Waals surface area contributed by atoms with Gasteiger partial charge in [-0.2, -0.15) is 5.26 Å². The molecule has 0 fully saturated rings. The number of fused-ring (bicyclic) bond motifs is 1. The van der Waals surface area contributed by atoms with Crippen LogP contribution in [-0.4, -0.2) is 46.3 Å². The van der Waals surface area contributed by atoms with Crippen LogP contribution in [0.4, 0.5) is 13.2 Å². The highest BCUT2D eigenvalue weighted by molar-refractivity contribution is 5.93. The van der Waals surface area contributed by atoms with Gasteiger partial charge < -0.3 is 18.8 Å². The Balaban J connectivity index is 1.45. The molecule has 0 saturated heterocycles. The number of imidazole rings is 1. The lowest BCUT2D eigenvalue weighted by Crippen LogP contribution is -2.11. The number of hydrogen-bond acceptors (Lipinski definition) is 8. The molecule has 43 heavy (non-hydrogen) atoms. The van der Waals surface area contributed by atoms with Gasteiger partial charge >= 0.3 is 5.97 Å². The van der Waals surface area contributed by atoms with Crippen molar-refractivity contribution in [3.8, 4) is 23.2 Å². The molecule has 0 atom stereocenters. The summed E-state index contributed by atoms with van der Waals surface area (Å²) in [5.74, 6) is -2.53. The van der Waals surface area contributed by atoms with Gasteiger partial charge in [-0.15, -0.1) is 0 Å². The third-order valence-electron chi connectivity index (χ3n) is 6.73. The lowest BCUT2D eigenvalue weighted by molar-refractivity contribution is 0.0601. The second kappa shape index (κ2) is 12.7. The van der Waals surface area contributed by atoms with Crippen LogP contribution in [0.25, 0.3) is 22.3 Å². The maximum Gasteiger partial charge on any atom is 0.337 e. The van der Waals surface area contributed by atoms with E-state index in [2.05, 4.69) is 15.0 Å². The third-order valence-corrected chi connectivity index (χ3v) is 6.73. The van der Waals surface area contributed by atoms with Gasteiger partial charge in [0.05, 0.1) is 41.9 Å². The summed E-state index contributed by atoms with van der Waals surface area (Å²) in [6, 6.07) is 12.9. The maximum absolute atomic E-state index is 15.5. The van der Waals surface area contributed by atoms with Crippen LogP contribution in [-0.2, 0) is 29.0 Å². The second-order valence-electron chi connectivity index (χ2n) is 9.38. The topological polar surface area (TPSA) is 112 Å². The van der Waals surface area contributed by atoms with Gasteiger partial charge in [-0.1, -0.05) is 6.07 Å². The molecular formula is C31H24F3N5O4. The molecule has 2 heterocycles. The molecule has 9 nitrogen and oxygen atoms in total. The lowest BCUT2D eigenvalue weighted by atomic mass is 10.0. The zero-order chi connectivity index (χ0) is 30.5. The Kier molecular flexibility index (Phi) is 8.64. The zero-order valence-electron chi connectivity index (χ0n) is 23.1. The van der Waals surface area contributed by atoms with Gasteiger partial charge in [0.25, 0.3) is 0 Å². The first kappa shape index (κ1) is 29.2. The summed E-state index contributed by atoms with van der Waals surface area (Å²) in [4.78, 5) is 24.9. The zero-order valence-corrected chi connectivity index (χ0v) is 23.1. The number of hydrogen-bond donors (Lipinski definition) is 0. The molecule has 0 aliphatic carbocycles. The predicted molar refractivity (Wildman–Crippen MR) is 149 cm³/mol. The number of esters is 1. The molecule has 0 N–H and O–H groups in total. The van der Waals surface area contributed by atoms with Crippen molar-refractivity contribution in [2.75, 3.05) is 20.8 Å². The van der Waals surface area contributed by atoms with Crippen molar-refractivity contribution in [2.24, 2.45) is 0 Å². The van der Waals surface area contributed by atoms with Crippen molar-refractivity contribution < 1.29 is 32.2 Å². The summed E-state index contributed by atoms with van der Waals surface area (Å²) in [6.07, 6.45) is 2.49. The van der Waals surface area contributed by atoms with Gasteiger partial charge in [-0.05, 0) is 42.5 Å². The van der Waals surface area contributed by atoms with E-state index in [9.17, 15) is 9.18 Å². The lowest BCUT2D eigenvalue weighted by Gasteiger charge is -2.13. The molecule has 0 radical (unpaired) electrons. The molecule has 0 bridgehead atoms. The average molecular weight is 588 g/mol. The summed E-state index contributed by atoms with van der Waals surface area (Å²) < 4.78 is 62.8. The van der Waals surface area contributed by atoms with E-state index in [1.807, 2.05) is 6.07 Å². The molecule has 0 aliphatic rings. The summed E-state index contributed by atoms with van der Waals surface area (Å²) in [5.41, 5.74) is 1.67. The molecule has 2 aromatic heterocycles. The number of benzene rings is 3. The Morgan fingerprint density at radius 3 is 2.44 bits per heavy atom. The molecule has 0 aliphatic heterocycles. The Morgan fingerprint density at radius 1 is 0.977 bits per heavy atom. The minimum absolute atomic E-state index is 0.0550. The molecule has 0 amide bonds. The highest BCUT2D eigenvalue weighted by atomic mass is 19.1. The smallest absolute Gasteiger partial charge is 0.337 e. The van der Waals surface area contributed by atoms with Crippen LogP contribution in [0.1, 0.15) is 32.9 Å². The Bertz CT molecular complexity index is 1850. The molecule has 3 aromatic carbocycles. The largest absolute Gasteiger partial charge is 0.471 e. The molecular weight excluding hydrogens is 563 g/mol. The Labute approximate surface area is 244 Å². The fourth-order valence-electron chi connectivity index (χ4n) is 4.56. The molecule has 12 heteroatoms. The van der Waals surface area contributed by atoms with Crippen LogP contribution in [0.15, 0.2) is 60.9 Å². The van der Waals surface area contributed by atoms with Crippen LogP contribution >= 0.6 is 0 Å². The van der Waals surface area contributed by atoms with Gasteiger partial charge in [-0.25, -0.2) is 32.9 Å². The van der Waals surface area contributed by atoms with E-state index in [1.54, 1.807) is 22.8 Å². The minimum Gasteiger partial charge on any atom is -0.471 e. The quantitative estimate of drug-likeness (QED) is 0.200. The highest BCUT2D eigenvalue weighted by Gasteiger charge is 2.21. The van der Waals surface area contributed by atoms with Crippen molar-refractivity contribution in [1.82, 2.24) is 19.5 Å². The van der Waals surface area contributed by atoms with Gasteiger partial charge in [0.15, 0.2) is 0 Å². The summed E-state index contributed by atoms with van der Waals surface area (Å²) in [5, 5.41) is 8.94. The van der Waals surface area contributed by atoms with E-state index in [1.165, 1.54) is 38.7 Å². The first-order valence-corrected chi connectivity index (χ1v) is 13.0. The summed E-state index contributed by atoms with van der Waals surface area (Å²) in [7, 11) is 2.81. The Hall–Kier alpha value is -5.28. The number of nitriles is 1. The third kappa shape index (κ3) is 6.17. The van der Waals surface area contributed by atoms with Crippen molar-refractivity contribution in [1.29, 1.82) is 5.26 Å². The standard InChI is InChI=1S/C31H24F3N5O4/c1-41-10-9-39-27-14-19(31(40)42-2)5-6-26(27)38-28(39)15-22-24(33)12-21(13-25(22)34)29-30(37-8-7-36-29)43-17-20-4-3-18(16-35)11-23(20)32/h3-8,11-14H,9-10,15,17H2,1-2H3. The molecule has 5 aromatic rings. The van der Waals surface area contributed by atoms with Gasteiger partial charge in [-0.3, -0.25) is 0 Å². The predicted octanol–water partition coefficient (Wildman–Crippen LogP) is 5.39. The van der Waals surface area contributed by atoms with Crippen LogP contribution in [0.5, 0.6) is 5.88 Å². The van der Waals surface area contributed by atoms with E-state index in [-0.39, 0.29) is 46.9 Å². The highest BCUT2D eigenvalue weighted by Crippen LogP contribution is 2.31. The number of nitrogens with zero attached hydrogens (tertiary/aromatic N) is 5. The van der Waals surface area contributed by atoms with Gasteiger partial charge in [0.1, 0.15) is 35.6 Å². The van der Waals surface area contributed by atoms with Crippen LogP contribution in [0, 0.1) is 28.8 Å². The van der Waals surface area contributed by atoms with Crippen LogP contribution < -0.4 is 4.74 Å². The molecule has 0 spiro atoms. The first-order chi connectivity index (χ1) is 20.8. The van der Waals surface area contributed by atoms with E-state index in [0.29, 0.717) is 35.6 Å². The number of rotatable bonds is 10. The number of ether oxygens (including phenoxy) is 3. The number of methoxy groups -OCH3 is 2. The maximum atomic E-state index is 15.5. The average Bonchev–Trinajstić information content (AvgIpc) is 3.36. The van der Waals surface area contributed by atoms with Crippen molar-refractivity contribution in [2.45, 2.75) is 19.6 Å². The number of carbonyl (C=O) groups is 1. The van der Waals surface area contributed by atoms with Crippen LogP contribution in [0.3, 0.4) is 0 Å². The van der Waals surface area contributed by atoms with E-state index in [4.69, 9.17) is 19.5 Å². The molecule has 0 unspecified atom stereocenters. The number of halogens is 3. The Morgan fingerprint density at radius 2 is 1.74 bits per heavy atom. The molecule has 218 valence electrons. The van der Waals surface area contributed by atoms with Crippen molar-refractivity contribution in [3.63, 3.8) is 0 Å². The normalized spacial score (nSPS) is 11.0. The van der Waals surface area contributed by atoms with Gasteiger partial charge in [0.2, 0.25) is 5.88 Å². The van der Waals surface area contributed by atoms with E-state index in [0.717, 1.165) is 18.2 Å².